The molecule has 0 atom stereocenters. The van der Waals surface area contributed by atoms with Gasteiger partial charge in [-0.2, -0.15) is 0 Å². The molecule has 1 saturated heterocycles. The second-order valence-electron chi connectivity index (χ2n) is 4.66. The summed E-state index contributed by atoms with van der Waals surface area (Å²) in [4.78, 5) is 22.0. The molecule has 2 aromatic rings. The third-order valence-electron chi connectivity index (χ3n) is 3.07. The van der Waals surface area contributed by atoms with Gasteiger partial charge in [0.1, 0.15) is 6.10 Å². The molecule has 108 valence electrons. The normalized spacial score (nSPS) is 14.7. The molecular weight excluding hydrogens is 358 g/mol. The highest BCUT2D eigenvalue weighted by Crippen LogP contribution is 2.20. The van der Waals surface area contributed by atoms with Crippen LogP contribution in [0.25, 0.3) is 0 Å². The molecule has 0 spiro atoms. The first-order valence-electron chi connectivity index (χ1n) is 6.30. The lowest BCUT2D eigenvalue weighted by Crippen LogP contribution is -2.56. The van der Waals surface area contributed by atoms with Crippen LogP contribution < -0.4 is 4.74 Å². The predicted octanol–water partition coefficient (Wildman–Crippen LogP) is 2.80. The molecule has 5 nitrogen and oxygen atoms in total. The summed E-state index contributed by atoms with van der Waals surface area (Å²) < 4.78 is 6.44. The Hall–Kier alpha value is -1.66. The molecule has 0 bridgehead atoms. The highest BCUT2D eigenvalue weighted by molar-refractivity contribution is 9.10. The molecule has 2 aromatic heterocycles. The number of amides is 1. The fourth-order valence-electron chi connectivity index (χ4n) is 1.99. The van der Waals surface area contributed by atoms with Gasteiger partial charge in [0.15, 0.2) is 0 Å². The molecule has 1 fully saturated rings. The van der Waals surface area contributed by atoms with Gasteiger partial charge in [-0.15, -0.1) is 0 Å². The van der Waals surface area contributed by atoms with Gasteiger partial charge < -0.3 is 9.64 Å². The summed E-state index contributed by atoms with van der Waals surface area (Å²) >= 11 is 9.07. The van der Waals surface area contributed by atoms with E-state index in [1.165, 1.54) is 6.20 Å². The molecule has 1 amide bonds. The van der Waals surface area contributed by atoms with Crippen LogP contribution in [0.2, 0.25) is 5.02 Å². The Kier molecular flexibility index (Phi) is 4.07. The van der Waals surface area contributed by atoms with E-state index < -0.39 is 0 Å². The lowest BCUT2D eigenvalue weighted by Gasteiger charge is -2.38. The van der Waals surface area contributed by atoms with Crippen LogP contribution in [-0.4, -0.2) is 40.0 Å². The van der Waals surface area contributed by atoms with E-state index in [4.69, 9.17) is 16.3 Å². The maximum Gasteiger partial charge on any atom is 0.255 e. The smallest absolute Gasteiger partial charge is 0.255 e. The highest BCUT2D eigenvalue weighted by Gasteiger charge is 2.33. The molecule has 0 radical (unpaired) electrons. The number of rotatable bonds is 3. The van der Waals surface area contributed by atoms with Crippen molar-refractivity contribution in [3.63, 3.8) is 0 Å². The van der Waals surface area contributed by atoms with Gasteiger partial charge in [0.2, 0.25) is 5.88 Å². The van der Waals surface area contributed by atoms with E-state index in [-0.39, 0.29) is 12.0 Å². The van der Waals surface area contributed by atoms with Crippen molar-refractivity contribution in [2.45, 2.75) is 6.10 Å². The van der Waals surface area contributed by atoms with Crippen LogP contribution in [-0.2, 0) is 0 Å². The average Bonchev–Trinajstić information content (AvgIpc) is 2.44. The average molecular weight is 369 g/mol. The van der Waals surface area contributed by atoms with Gasteiger partial charge in [-0.05, 0) is 28.1 Å². The van der Waals surface area contributed by atoms with Crippen LogP contribution in [0, 0.1) is 0 Å². The number of aromatic nitrogens is 2. The number of hydrogen-bond acceptors (Lipinski definition) is 4. The van der Waals surface area contributed by atoms with E-state index in [2.05, 4.69) is 25.9 Å². The molecule has 7 heteroatoms. The molecule has 0 saturated carbocycles. The van der Waals surface area contributed by atoms with Crippen molar-refractivity contribution in [2.24, 2.45) is 0 Å². The molecule has 21 heavy (non-hydrogen) atoms. The standard InChI is InChI=1S/C14H11BrClN3O2/c15-10-3-9(4-17-5-10)14(20)19-7-12(8-19)21-13-2-1-11(16)6-18-13/h1-6,12H,7-8H2. The molecule has 0 N–H and O–H groups in total. The van der Waals surface area contributed by atoms with Gasteiger partial charge in [0.25, 0.3) is 5.91 Å². The third-order valence-corrected chi connectivity index (χ3v) is 3.73. The maximum atomic E-state index is 12.2. The predicted molar refractivity (Wildman–Crippen MR) is 81.5 cm³/mol. The van der Waals surface area contributed by atoms with Crippen LogP contribution >= 0.6 is 27.5 Å². The summed E-state index contributed by atoms with van der Waals surface area (Å²) in [5.41, 5.74) is 0.562. The van der Waals surface area contributed by atoms with Crippen LogP contribution in [0.5, 0.6) is 5.88 Å². The Labute approximate surface area is 135 Å². The first-order chi connectivity index (χ1) is 10.1. The molecule has 3 heterocycles. The van der Waals surface area contributed by atoms with Gasteiger partial charge in [0, 0.05) is 29.1 Å². The summed E-state index contributed by atoms with van der Waals surface area (Å²) in [5.74, 6) is 0.466. The fraction of sp³-hybridized carbons (Fsp3) is 0.214. The maximum absolute atomic E-state index is 12.2. The summed E-state index contributed by atoms with van der Waals surface area (Å²) in [5, 5.41) is 0.565. The van der Waals surface area contributed by atoms with Gasteiger partial charge in [-0.1, -0.05) is 11.6 Å². The number of carbonyl (C=O) groups excluding carboxylic acids is 1. The quantitative estimate of drug-likeness (QED) is 0.836. The molecule has 0 unspecified atom stereocenters. The third kappa shape index (κ3) is 3.33. The van der Waals surface area contributed by atoms with Crippen LogP contribution in [0.1, 0.15) is 10.4 Å². The van der Waals surface area contributed by atoms with Crippen molar-refractivity contribution in [3.05, 3.63) is 51.8 Å². The summed E-state index contributed by atoms with van der Waals surface area (Å²) in [6.45, 7) is 1.07. The SMILES string of the molecule is O=C(c1cncc(Br)c1)N1CC(Oc2ccc(Cl)cn2)C1. The van der Waals surface area contributed by atoms with Crippen LogP contribution in [0.3, 0.4) is 0 Å². The molecule has 3 rings (SSSR count). The topological polar surface area (TPSA) is 55.3 Å². The van der Waals surface area contributed by atoms with Crippen LogP contribution in [0.15, 0.2) is 41.3 Å². The summed E-state index contributed by atoms with van der Waals surface area (Å²) in [7, 11) is 0. The monoisotopic (exact) mass is 367 g/mol. The minimum Gasteiger partial charge on any atom is -0.471 e. The molecule has 0 aromatic carbocycles. The zero-order valence-electron chi connectivity index (χ0n) is 10.9. The molecule has 1 aliphatic rings. The van der Waals surface area contributed by atoms with Gasteiger partial charge in [-0.25, -0.2) is 4.98 Å². The van der Waals surface area contributed by atoms with E-state index in [0.29, 0.717) is 29.6 Å². The summed E-state index contributed by atoms with van der Waals surface area (Å²) in [6, 6.07) is 5.19. The molecular formula is C14H11BrClN3O2. The van der Waals surface area contributed by atoms with Gasteiger partial charge in [0.05, 0.1) is 23.7 Å². The number of hydrogen-bond donors (Lipinski definition) is 0. The van der Waals surface area contributed by atoms with Crippen molar-refractivity contribution in [1.29, 1.82) is 0 Å². The summed E-state index contributed by atoms with van der Waals surface area (Å²) in [6.07, 6.45) is 4.70. The number of ether oxygens (including phenoxy) is 1. The van der Waals surface area contributed by atoms with Gasteiger partial charge in [-0.3, -0.25) is 9.78 Å². The van der Waals surface area contributed by atoms with Crippen molar-refractivity contribution in [1.82, 2.24) is 14.9 Å². The van der Waals surface area contributed by atoms with Gasteiger partial charge >= 0.3 is 0 Å². The van der Waals surface area contributed by atoms with E-state index in [1.54, 1.807) is 35.5 Å². The number of pyridine rings is 2. The first-order valence-corrected chi connectivity index (χ1v) is 7.47. The van der Waals surface area contributed by atoms with Crippen LogP contribution in [0.4, 0.5) is 0 Å². The second-order valence-corrected chi connectivity index (χ2v) is 6.01. The number of nitrogens with zero attached hydrogens (tertiary/aromatic N) is 3. The van der Waals surface area contributed by atoms with Crippen molar-refractivity contribution < 1.29 is 9.53 Å². The number of halogens is 2. The Bertz CT molecular complexity index is 660. The highest BCUT2D eigenvalue weighted by atomic mass is 79.9. The Morgan fingerprint density at radius 2 is 2.14 bits per heavy atom. The largest absolute Gasteiger partial charge is 0.471 e. The Morgan fingerprint density at radius 3 is 2.81 bits per heavy atom. The second kappa shape index (κ2) is 5.99. The molecule has 0 aliphatic carbocycles. The first kappa shape index (κ1) is 14.3. The number of likely N-dealkylation sites (tertiary alicyclic amines) is 1. The van der Waals surface area contributed by atoms with Crippen molar-refractivity contribution in [2.75, 3.05) is 13.1 Å². The van der Waals surface area contributed by atoms with E-state index >= 15 is 0 Å². The van der Waals surface area contributed by atoms with E-state index in [0.717, 1.165) is 4.47 Å². The van der Waals surface area contributed by atoms with E-state index in [9.17, 15) is 4.79 Å². The fourth-order valence-corrected chi connectivity index (χ4v) is 2.47. The Morgan fingerprint density at radius 1 is 1.33 bits per heavy atom. The number of carbonyl (C=O) groups is 1. The Balaban J connectivity index is 1.56. The van der Waals surface area contributed by atoms with Crippen molar-refractivity contribution >= 4 is 33.4 Å². The van der Waals surface area contributed by atoms with E-state index in [1.807, 2.05) is 0 Å². The lowest BCUT2D eigenvalue weighted by molar-refractivity contribution is 0.0160. The minimum absolute atomic E-state index is 0.0391. The minimum atomic E-state index is -0.0484. The zero-order valence-corrected chi connectivity index (χ0v) is 13.2. The van der Waals surface area contributed by atoms with Crippen molar-refractivity contribution in [3.8, 4) is 5.88 Å². The zero-order chi connectivity index (χ0) is 14.8. The molecule has 1 aliphatic heterocycles. The lowest BCUT2D eigenvalue weighted by atomic mass is 10.1.